The molecule has 0 fully saturated rings. The molecule has 0 aliphatic rings. The van der Waals surface area contributed by atoms with Crippen molar-refractivity contribution in [3.63, 3.8) is 0 Å². The summed E-state index contributed by atoms with van der Waals surface area (Å²) in [5, 5.41) is 10.5. The molecule has 1 aromatic heterocycles. The second-order valence-corrected chi connectivity index (χ2v) is 3.29. The van der Waals surface area contributed by atoms with Crippen LogP contribution in [-0.2, 0) is 0 Å². The lowest BCUT2D eigenvalue weighted by Gasteiger charge is -1.92. The molecule has 2 rings (SSSR count). The van der Waals surface area contributed by atoms with Crippen LogP contribution in [0.1, 0.15) is 5.56 Å². The lowest BCUT2D eigenvalue weighted by atomic mass is 10.2. The molecule has 0 amide bonds. The van der Waals surface area contributed by atoms with E-state index in [0.717, 1.165) is 15.5 Å². The van der Waals surface area contributed by atoms with Gasteiger partial charge in [-0.15, -0.1) is 0 Å². The van der Waals surface area contributed by atoms with Crippen LogP contribution in [0.25, 0.3) is 11.0 Å². The molecule has 56 valence electrons. The van der Waals surface area contributed by atoms with Crippen LogP contribution >= 0.6 is 15.9 Å². The SMILES string of the molecule is Cc1cc(Br)c2n[nH]nc2c1. The zero-order valence-corrected chi connectivity index (χ0v) is 7.51. The second-order valence-electron chi connectivity index (χ2n) is 2.44. The summed E-state index contributed by atoms with van der Waals surface area (Å²) in [6.45, 7) is 2.03. The van der Waals surface area contributed by atoms with Crippen molar-refractivity contribution in [2.75, 3.05) is 0 Å². The van der Waals surface area contributed by atoms with E-state index in [4.69, 9.17) is 0 Å². The van der Waals surface area contributed by atoms with E-state index in [2.05, 4.69) is 31.3 Å². The number of benzene rings is 1. The monoisotopic (exact) mass is 211 g/mol. The number of nitrogens with zero attached hydrogens (tertiary/aromatic N) is 2. The summed E-state index contributed by atoms with van der Waals surface area (Å²) >= 11 is 3.40. The highest BCUT2D eigenvalue weighted by Gasteiger charge is 2.02. The number of H-pyrrole nitrogens is 1. The largest absolute Gasteiger partial charge is 0.197 e. The standard InChI is InChI=1S/C7H6BrN3/c1-4-2-5(8)7-6(3-4)9-11-10-7/h2-3H,1H3,(H,9,10,11). The first-order valence-corrected chi connectivity index (χ1v) is 4.03. The van der Waals surface area contributed by atoms with Crippen molar-refractivity contribution in [2.45, 2.75) is 6.92 Å². The molecule has 0 spiro atoms. The predicted molar refractivity (Wildman–Crippen MR) is 46.3 cm³/mol. The summed E-state index contributed by atoms with van der Waals surface area (Å²) in [5.41, 5.74) is 2.96. The van der Waals surface area contributed by atoms with Crippen LogP contribution in [0.3, 0.4) is 0 Å². The number of nitrogens with one attached hydrogen (secondary N) is 1. The molecule has 3 nitrogen and oxygen atoms in total. The smallest absolute Gasteiger partial charge is 0.127 e. The van der Waals surface area contributed by atoms with E-state index >= 15 is 0 Å². The van der Waals surface area contributed by atoms with Crippen LogP contribution < -0.4 is 0 Å². The first-order chi connectivity index (χ1) is 5.27. The van der Waals surface area contributed by atoms with Crippen LogP contribution in [0.4, 0.5) is 0 Å². The van der Waals surface area contributed by atoms with E-state index in [-0.39, 0.29) is 0 Å². The summed E-state index contributed by atoms with van der Waals surface area (Å²) < 4.78 is 0.987. The van der Waals surface area contributed by atoms with Gasteiger partial charge in [-0.2, -0.15) is 15.4 Å². The van der Waals surface area contributed by atoms with Gasteiger partial charge >= 0.3 is 0 Å². The number of fused-ring (bicyclic) bond motifs is 1. The minimum Gasteiger partial charge on any atom is -0.197 e. The Morgan fingerprint density at radius 3 is 3.00 bits per heavy atom. The van der Waals surface area contributed by atoms with E-state index in [9.17, 15) is 0 Å². The molecule has 4 heteroatoms. The van der Waals surface area contributed by atoms with Crippen LogP contribution in [-0.4, -0.2) is 15.4 Å². The van der Waals surface area contributed by atoms with Gasteiger partial charge in [-0.25, -0.2) is 0 Å². The van der Waals surface area contributed by atoms with Crippen LogP contribution in [0.2, 0.25) is 0 Å². The van der Waals surface area contributed by atoms with Gasteiger partial charge in [-0.3, -0.25) is 0 Å². The van der Waals surface area contributed by atoms with Crippen molar-refractivity contribution in [3.8, 4) is 0 Å². The van der Waals surface area contributed by atoms with Gasteiger partial charge in [0.05, 0.1) is 0 Å². The molecule has 0 saturated heterocycles. The van der Waals surface area contributed by atoms with E-state index in [0.29, 0.717) is 0 Å². The van der Waals surface area contributed by atoms with Crippen molar-refractivity contribution >= 4 is 27.0 Å². The first kappa shape index (κ1) is 6.79. The maximum Gasteiger partial charge on any atom is 0.127 e. The number of hydrogen-bond donors (Lipinski definition) is 1. The quantitative estimate of drug-likeness (QED) is 0.725. The maximum atomic E-state index is 3.98. The number of rotatable bonds is 0. The average Bonchev–Trinajstić information content (AvgIpc) is 2.34. The molecule has 1 heterocycles. The van der Waals surface area contributed by atoms with Gasteiger partial charge < -0.3 is 0 Å². The van der Waals surface area contributed by atoms with Crippen molar-refractivity contribution in [1.82, 2.24) is 15.4 Å². The third kappa shape index (κ3) is 1.03. The van der Waals surface area contributed by atoms with Gasteiger partial charge in [0.25, 0.3) is 0 Å². The molecule has 1 N–H and O–H groups in total. The maximum absolute atomic E-state index is 3.98. The second kappa shape index (κ2) is 2.30. The van der Waals surface area contributed by atoms with Crippen molar-refractivity contribution in [1.29, 1.82) is 0 Å². The molecule has 0 radical (unpaired) electrons. The highest BCUT2D eigenvalue weighted by atomic mass is 79.9. The lowest BCUT2D eigenvalue weighted by Crippen LogP contribution is -1.75. The molecule has 0 atom stereocenters. The number of aromatic nitrogens is 3. The Bertz CT molecular complexity index is 393. The molecule has 0 saturated carbocycles. The van der Waals surface area contributed by atoms with Gasteiger partial charge in [0.1, 0.15) is 11.0 Å². The van der Waals surface area contributed by atoms with Crippen molar-refractivity contribution in [3.05, 3.63) is 22.2 Å². The zero-order valence-electron chi connectivity index (χ0n) is 5.93. The molecular weight excluding hydrogens is 206 g/mol. The van der Waals surface area contributed by atoms with E-state index in [1.807, 2.05) is 19.1 Å². The molecule has 0 bridgehead atoms. The third-order valence-electron chi connectivity index (χ3n) is 1.52. The van der Waals surface area contributed by atoms with Crippen LogP contribution in [0.5, 0.6) is 0 Å². The van der Waals surface area contributed by atoms with E-state index < -0.39 is 0 Å². The average molecular weight is 212 g/mol. The Kier molecular flexibility index (Phi) is 1.42. The van der Waals surface area contributed by atoms with E-state index in [1.54, 1.807) is 0 Å². The fourth-order valence-corrected chi connectivity index (χ4v) is 1.69. The Morgan fingerprint density at radius 2 is 2.18 bits per heavy atom. The molecule has 0 aliphatic carbocycles. The Labute approximate surface area is 71.9 Å². The minimum atomic E-state index is 0.885. The topological polar surface area (TPSA) is 41.6 Å². The Morgan fingerprint density at radius 1 is 1.36 bits per heavy atom. The Hall–Kier alpha value is -0.900. The first-order valence-electron chi connectivity index (χ1n) is 3.24. The number of halogens is 1. The molecule has 0 aliphatic heterocycles. The number of aryl methyl sites for hydroxylation is 1. The highest BCUT2D eigenvalue weighted by molar-refractivity contribution is 9.10. The summed E-state index contributed by atoms with van der Waals surface area (Å²) in [5.74, 6) is 0. The lowest BCUT2D eigenvalue weighted by molar-refractivity contribution is 0.959. The minimum absolute atomic E-state index is 0.885. The van der Waals surface area contributed by atoms with Gasteiger partial charge in [0, 0.05) is 4.47 Å². The molecular formula is C7H6BrN3. The van der Waals surface area contributed by atoms with Gasteiger partial charge in [-0.1, -0.05) is 0 Å². The molecule has 11 heavy (non-hydrogen) atoms. The predicted octanol–water partition coefficient (Wildman–Crippen LogP) is 2.03. The summed E-state index contributed by atoms with van der Waals surface area (Å²) in [6, 6.07) is 4.01. The number of hydrogen-bond acceptors (Lipinski definition) is 2. The van der Waals surface area contributed by atoms with Gasteiger partial charge in [0.2, 0.25) is 0 Å². The normalized spacial score (nSPS) is 10.7. The summed E-state index contributed by atoms with van der Waals surface area (Å²) in [7, 11) is 0. The van der Waals surface area contributed by atoms with Crippen molar-refractivity contribution < 1.29 is 0 Å². The summed E-state index contributed by atoms with van der Waals surface area (Å²) in [4.78, 5) is 0. The summed E-state index contributed by atoms with van der Waals surface area (Å²) in [6.07, 6.45) is 0. The molecule has 1 aromatic carbocycles. The third-order valence-corrected chi connectivity index (χ3v) is 2.12. The Balaban J connectivity index is 2.91. The van der Waals surface area contributed by atoms with E-state index in [1.165, 1.54) is 5.56 Å². The highest BCUT2D eigenvalue weighted by Crippen LogP contribution is 2.21. The van der Waals surface area contributed by atoms with Gasteiger partial charge in [0.15, 0.2) is 0 Å². The molecule has 0 unspecified atom stereocenters. The zero-order chi connectivity index (χ0) is 7.84. The van der Waals surface area contributed by atoms with Crippen LogP contribution in [0.15, 0.2) is 16.6 Å². The molecule has 2 aromatic rings. The van der Waals surface area contributed by atoms with Crippen LogP contribution in [0, 0.1) is 6.92 Å². The number of aromatic amines is 1. The van der Waals surface area contributed by atoms with Crippen molar-refractivity contribution in [2.24, 2.45) is 0 Å². The fourth-order valence-electron chi connectivity index (χ4n) is 1.04. The van der Waals surface area contributed by atoms with Gasteiger partial charge in [-0.05, 0) is 40.5 Å². The fraction of sp³-hybridized carbons (Fsp3) is 0.143.